The summed E-state index contributed by atoms with van der Waals surface area (Å²) in [4.78, 5) is 38.6. The summed E-state index contributed by atoms with van der Waals surface area (Å²) in [6.07, 6.45) is 1.05. The second-order valence-electron chi connectivity index (χ2n) is 5.42. The molecule has 0 amide bonds. The number of rotatable bonds is 4. The Balaban J connectivity index is 2.40. The summed E-state index contributed by atoms with van der Waals surface area (Å²) in [5, 5.41) is 8.84. The molecule has 0 aliphatic rings. The van der Waals surface area contributed by atoms with Gasteiger partial charge in [0.25, 0.3) is 5.56 Å². The van der Waals surface area contributed by atoms with Gasteiger partial charge in [-0.2, -0.15) is 5.26 Å². The summed E-state index contributed by atoms with van der Waals surface area (Å²) in [6, 6.07) is 10.8. The average Bonchev–Trinajstić information content (AvgIpc) is 2.52. The average molecular weight is 297 g/mol. The molecule has 1 heterocycles. The van der Waals surface area contributed by atoms with Crippen LogP contribution in [0.5, 0.6) is 0 Å². The molecule has 1 aromatic heterocycles. The minimum atomic E-state index is -0.851. The van der Waals surface area contributed by atoms with Crippen molar-refractivity contribution in [3.05, 3.63) is 68.5 Å². The number of nitrogens with zero attached hydrogens (tertiary/aromatic N) is 2. The van der Waals surface area contributed by atoms with Crippen molar-refractivity contribution < 1.29 is 4.79 Å². The first-order valence-corrected chi connectivity index (χ1v) is 6.69. The predicted molar refractivity (Wildman–Crippen MR) is 80.5 cm³/mol. The molecule has 0 aliphatic carbocycles. The van der Waals surface area contributed by atoms with Crippen LogP contribution >= 0.6 is 0 Å². The van der Waals surface area contributed by atoms with Gasteiger partial charge in [0.15, 0.2) is 5.78 Å². The monoisotopic (exact) mass is 297 g/mol. The fourth-order valence-corrected chi connectivity index (χ4v) is 2.09. The fourth-order valence-electron chi connectivity index (χ4n) is 2.09. The summed E-state index contributed by atoms with van der Waals surface area (Å²) in [6.45, 7) is 3.08. The summed E-state index contributed by atoms with van der Waals surface area (Å²) in [5.74, 6) is -0.290. The van der Waals surface area contributed by atoms with Crippen molar-refractivity contribution >= 4 is 5.78 Å². The summed E-state index contributed by atoms with van der Waals surface area (Å²) < 4.78 is 0.756. The Hall–Kier alpha value is -2.94. The number of nitrogens with one attached hydrogen (secondary N) is 1. The Morgan fingerprint density at radius 2 is 1.91 bits per heavy atom. The molecule has 2 aromatic rings. The van der Waals surface area contributed by atoms with Gasteiger partial charge in [0.2, 0.25) is 0 Å². The van der Waals surface area contributed by atoms with Crippen LogP contribution in [0.25, 0.3) is 0 Å². The van der Waals surface area contributed by atoms with E-state index in [1.54, 1.807) is 19.9 Å². The second-order valence-corrected chi connectivity index (χ2v) is 5.42. The Labute approximate surface area is 126 Å². The molecular formula is C16H15N3O3. The van der Waals surface area contributed by atoms with Crippen LogP contribution in [0.3, 0.4) is 0 Å². The SMILES string of the molecule is CC(C)(C(=O)Cn1c(=O)[nH]cc(C#N)c1=O)c1ccccc1. The van der Waals surface area contributed by atoms with E-state index >= 15 is 0 Å². The second kappa shape index (κ2) is 5.82. The maximum Gasteiger partial charge on any atom is 0.328 e. The van der Waals surface area contributed by atoms with E-state index in [0.29, 0.717) is 0 Å². The van der Waals surface area contributed by atoms with Crippen molar-refractivity contribution in [3.63, 3.8) is 0 Å². The van der Waals surface area contributed by atoms with Gasteiger partial charge in [-0.3, -0.25) is 14.2 Å². The van der Waals surface area contributed by atoms with E-state index in [2.05, 4.69) is 4.98 Å². The van der Waals surface area contributed by atoms with E-state index in [1.807, 2.05) is 30.3 Å². The normalized spacial score (nSPS) is 11.0. The van der Waals surface area contributed by atoms with Gasteiger partial charge in [0.05, 0.1) is 12.0 Å². The number of benzene rings is 1. The first kappa shape index (κ1) is 15.4. The van der Waals surface area contributed by atoms with Crippen LogP contribution < -0.4 is 11.2 Å². The van der Waals surface area contributed by atoms with Gasteiger partial charge in [0, 0.05) is 6.20 Å². The Bertz CT molecular complexity index is 855. The van der Waals surface area contributed by atoms with Crippen LogP contribution in [0.2, 0.25) is 0 Å². The first-order chi connectivity index (χ1) is 10.4. The third-order valence-corrected chi connectivity index (χ3v) is 3.68. The van der Waals surface area contributed by atoms with E-state index in [9.17, 15) is 14.4 Å². The van der Waals surface area contributed by atoms with Crippen molar-refractivity contribution in [1.29, 1.82) is 5.26 Å². The fraction of sp³-hybridized carbons (Fsp3) is 0.250. The Morgan fingerprint density at radius 3 is 2.50 bits per heavy atom. The Kier molecular flexibility index (Phi) is 4.08. The number of H-pyrrole nitrogens is 1. The zero-order valence-electron chi connectivity index (χ0n) is 12.3. The first-order valence-electron chi connectivity index (χ1n) is 6.69. The van der Waals surface area contributed by atoms with Crippen molar-refractivity contribution in [2.45, 2.75) is 25.8 Å². The van der Waals surface area contributed by atoms with Gasteiger partial charge in [-0.15, -0.1) is 0 Å². The van der Waals surface area contributed by atoms with Gasteiger partial charge in [-0.05, 0) is 19.4 Å². The molecule has 0 fully saturated rings. The topological polar surface area (TPSA) is 95.7 Å². The highest BCUT2D eigenvalue weighted by atomic mass is 16.2. The highest BCUT2D eigenvalue weighted by molar-refractivity contribution is 5.89. The van der Waals surface area contributed by atoms with Crippen LogP contribution in [0, 0.1) is 11.3 Å². The van der Waals surface area contributed by atoms with Gasteiger partial charge in [0.1, 0.15) is 11.6 Å². The highest BCUT2D eigenvalue weighted by Crippen LogP contribution is 2.24. The summed E-state index contributed by atoms with van der Waals surface area (Å²) >= 11 is 0. The smallest absolute Gasteiger partial charge is 0.313 e. The standard InChI is InChI=1S/C16H15N3O3/c1-16(2,12-6-4-3-5-7-12)13(20)10-19-14(21)11(8-17)9-18-15(19)22/h3-7,9H,10H2,1-2H3,(H,18,22). The van der Waals surface area contributed by atoms with Gasteiger partial charge >= 0.3 is 5.69 Å². The molecule has 0 spiro atoms. The summed E-state index contributed by atoms with van der Waals surface area (Å²) in [5.41, 5.74) is -1.73. The van der Waals surface area contributed by atoms with Crippen LogP contribution in [0.1, 0.15) is 25.0 Å². The van der Waals surface area contributed by atoms with E-state index in [4.69, 9.17) is 5.26 Å². The largest absolute Gasteiger partial charge is 0.328 e. The van der Waals surface area contributed by atoms with Crippen LogP contribution in [-0.2, 0) is 16.8 Å². The van der Waals surface area contributed by atoms with Crippen molar-refractivity contribution in [2.24, 2.45) is 0 Å². The molecule has 2 rings (SSSR count). The molecule has 0 radical (unpaired) electrons. The number of hydrogen-bond acceptors (Lipinski definition) is 4. The van der Waals surface area contributed by atoms with Crippen molar-refractivity contribution in [3.8, 4) is 6.07 Å². The molecule has 0 bridgehead atoms. The maximum absolute atomic E-state index is 12.5. The lowest BCUT2D eigenvalue weighted by Gasteiger charge is -2.23. The number of Topliss-reactive ketones (excluding diaryl/α,β-unsaturated/α-hetero) is 1. The van der Waals surface area contributed by atoms with Crippen molar-refractivity contribution in [2.75, 3.05) is 0 Å². The van der Waals surface area contributed by atoms with Gasteiger partial charge in [-0.1, -0.05) is 30.3 Å². The van der Waals surface area contributed by atoms with E-state index in [1.165, 1.54) is 0 Å². The molecule has 22 heavy (non-hydrogen) atoms. The zero-order valence-corrected chi connectivity index (χ0v) is 12.3. The van der Waals surface area contributed by atoms with Gasteiger partial charge in [-0.25, -0.2) is 4.79 Å². The Morgan fingerprint density at radius 1 is 1.27 bits per heavy atom. The lowest BCUT2D eigenvalue weighted by atomic mass is 9.80. The minimum absolute atomic E-state index is 0.204. The third kappa shape index (κ3) is 2.74. The number of nitriles is 1. The molecule has 1 N–H and O–H groups in total. The zero-order chi connectivity index (χ0) is 16.3. The van der Waals surface area contributed by atoms with Crippen LogP contribution in [0.4, 0.5) is 0 Å². The molecule has 0 saturated heterocycles. The third-order valence-electron chi connectivity index (χ3n) is 3.68. The molecule has 0 unspecified atom stereocenters. The molecule has 1 aromatic carbocycles. The molecule has 0 atom stereocenters. The quantitative estimate of drug-likeness (QED) is 0.909. The number of hydrogen-bond donors (Lipinski definition) is 1. The van der Waals surface area contributed by atoms with E-state index in [-0.39, 0.29) is 17.9 Å². The molecule has 112 valence electrons. The summed E-state index contributed by atoms with van der Waals surface area (Å²) in [7, 11) is 0. The lowest BCUT2D eigenvalue weighted by molar-refractivity contribution is -0.124. The predicted octanol–water partition coefficient (Wildman–Crippen LogP) is 0.955. The lowest BCUT2D eigenvalue weighted by Crippen LogP contribution is -2.42. The highest BCUT2D eigenvalue weighted by Gasteiger charge is 2.30. The number of carbonyl (C=O) groups excluding carboxylic acids is 1. The molecule has 0 saturated carbocycles. The molecular weight excluding hydrogens is 282 g/mol. The molecule has 0 aliphatic heterocycles. The van der Waals surface area contributed by atoms with E-state index < -0.39 is 16.7 Å². The van der Waals surface area contributed by atoms with Gasteiger partial charge < -0.3 is 4.98 Å². The van der Waals surface area contributed by atoms with E-state index in [0.717, 1.165) is 16.3 Å². The van der Waals surface area contributed by atoms with Crippen LogP contribution in [0.15, 0.2) is 46.1 Å². The number of ketones is 1. The van der Waals surface area contributed by atoms with Crippen LogP contribution in [-0.4, -0.2) is 15.3 Å². The number of aromatic nitrogens is 2. The minimum Gasteiger partial charge on any atom is -0.313 e. The number of aromatic amines is 1. The van der Waals surface area contributed by atoms with Crippen molar-refractivity contribution in [1.82, 2.24) is 9.55 Å². The molecule has 6 nitrogen and oxygen atoms in total. The maximum atomic E-state index is 12.5. The molecule has 6 heteroatoms. The number of carbonyl (C=O) groups is 1.